The van der Waals surface area contributed by atoms with Gasteiger partial charge in [-0.05, 0) is 94.1 Å². The lowest BCUT2D eigenvalue weighted by atomic mass is 10.0. The number of benzene rings is 2. The molecule has 0 unspecified atom stereocenters. The van der Waals surface area contributed by atoms with Gasteiger partial charge >= 0.3 is 0 Å². The number of likely N-dealkylation sites (tertiary alicyclic amines) is 1. The zero-order chi connectivity index (χ0) is 27.6. The van der Waals surface area contributed by atoms with Gasteiger partial charge in [0.25, 0.3) is 5.91 Å². The van der Waals surface area contributed by atoms with Crippen molar-refractivity contribution < 1.29 is 9.59 Å². The Bertz CT molecular complexity index is 1090. The van der Waals surface area contributed by atoms with Gasteiger partial charge in [0.15, 0.2) is 0 Å². The van der Waals surface area contributed by atoms with Gasteiger partial charge in [0, 0.05) is 50.4 Å². The number of nitrogens with one attached hydrogen (secondary N) is 1. The highest BCUT2D eigenvalue weighted by Gasteiger charge is 2.21. The first kappa shape index (κ1) is 29.3. The van der Waals surface area contributed by atoms with E-state index in [1.807, 2.05) is 23.1 Å². The number of amides is 2. The van der Waals surface area contributed by atoms with Crippen molar-refractivity contribution in [2.45, 2.75) is 97.8 Å². The predicted molar refractivity (Wildman–Crippen MR) is 160 cm³/mol. The summed E-state index contributed by atoms with van der Waals surface area (Å²) in [6.45, 7) is 12.4. The molecular formula is C33H48N4O2. The maximum atomic E-state index is 13.4. The van der Waals surface area contributed by atoms with E-state index in [1.54, 1.807) is 6.92 Å². The normalized spacial score (nSPS) is 18.2. The lowest BCUT2D eigenvalue weighted by molar-refractivity contribution is -0.116. The predicted octanol–water partition coefficient (Wildman–Crippen LogP) is 6.13. The summed E-state index contributed by atoms with van der Waals surface area (Å²) in [5.74, 6) is -0.00548. The van der Waals surface area contributed by atoms with Crippen LogP contribution in [0.2, 0.25) is 0 Å². The fourth-order valence-corrected chi connectivity index (χ4v) is 5.94. The first-order valence-electron chi connectivity index (χ1n) is 15.1. The summed E-state index contributed by atoms with van der Waals surface area (Å²) < 4.78 is 0. The molecule has 2 amide bonds. The third-order valence-electron chi connectivity index (χ3n) is 8.34. The minimum atomic E-state index is -0.0674. The average Bonchev–Trinajstić information content (AvgIpc) is 2.93. The molecule has 1 fully saturated rings. The zero-order valence-corrected chi connectivity index (χ0v) is 24.4. The van der Waals surface area contributed by atoms with Crippen LogP contribution in [0.25, 0.3) is 0 Å². The topological polar surface area (TPSA) is 55.9 Å². The largest absolute Gasteiger partial charge is 0.348 e. The van der Waals surface area contributed by atoms with Crippen molar-refractivity contribution in [2.75, 3.05) is 31.1 Å². The number of piperidine rings is 1. The second-order valence-corrected chi connectivity index (χ2v) is 11.6. The molecule has 6 nitrogen and oxygen atoms in total. The van der Waals surface area contributed by atoms with Crippen LogP contribution in [-0.2, 0) is 24.4 Å². The molecule has 2 aromatic rings. The summed E-state index contributed by atoms with van der Waals surface area (Å²) >= 11 is 0. The van der Waals surface area contributed by atoms with E-state index in [0.29, 0.717) is 18.2 Å². The minimum absolute atomic E-state index is 0.0620. The lowest BCUT2D eigenvalue weighted by Crippen LogP contribution is -2.35. The highest BCUT2D eigenvalue weighted by atomic mass is 16.2. The third-order valence-corrected chi connectivity index (χ3v) is 8.34. The fraction of sp³-hybridized carbons (Fsp3) is 0.576. The van der Waals surface area contributed by atoms with E-state index < -0.39 is 0 Å². The van der Waals surface area contributed by atoms with Crippen molar-refractivity contribution in [3.63, 3.8) is 0 Å². The van der Waals surface area contributed by atoms with Crippen LogP contribution in [0.15, 0.2) is 42.5 Å². The second-order valence-electron chi connectivity index (χ2n) is 11.6. The Kier molecular flexibility index (Phi) is 11.0. The van der Waals surface area contributed by atoms with Crippen molar-refractivity contribution >= 4 is 17.5 Å². The van der Waals surface area contributed by atoms with Gasteiger partial charge < -0.3 is 10.2 Å². The molecule has 0 radical (unpaired) electrons. The van der Waals surface area contributed by atoms with Gasteiger partial charge in [-0.15, -0.1) is 0 Å². The highest BCUT2D eigenvalue weighted by molar-refractivity contribution is 5.97. The van der Waals surface area contributed by atoms with Gasteiger partial charge in [-0.3, -0.25) is 19.4 Å². The van der Waals surface area contributed by atoms with Crippen molar-refractivity contribution in [2.24, 2.45) is 0 Å². The van der Waals surface area contributed by atoms with Crippen molar-refractivity contribution in [3.8, 4) is 0 Å². The van der Waals surface area contributed by atoms with Crippen LogP contribution in [0.3, 0.4) is 0 Å². The van der Waals surface area contributed by atoms with Crippen LogP contribution in [-0.4, -0.2) is 53.8 Å². The molecule has 0 saturated carbocycles. The molecule has 2 aliphatic rings. The molecule has 2 aromatic carbocycles. The molecule has 4 rings (SSSR count). The summed E-state index contributed by atoms with van der Waals surface area (Å²) in [6, 6.07) is 14.7. The van der Waals surface area contributed by atoms with E-state index in [0.717, 1.165) is 63.4 Å². The smallest absolute Gasteiger partial charge is 0.251 e. The average molecular weight is 533 g/mol. The Balaban J connectivity index is 1.53. The Morgan fingerprint density at radius 1 is 0.821 bits per heavy atom. The molecule has 6 heteroatoms. The number of carbonyl (C=O) groups is 2. The van der Waals surface area contributed by atoms with Crippen molar-refractivity contribution in [1.82, 2.24) is 15.1 Å². The SMILES string of the molecule is CC(=O)N1CCCCCCCN(C(C)C)Cc2cc(C(=O)NCc3ccccc3CN3CCCCC3)ccc21. The number of anilines is 1. The molecule has 0 aliphatic carbocycles. The van der Waals surface area contributed by atoms with E-state index in [4.69, 9.17) is 0 Å². The van der Waals surface area contributed by atoms with Crippen molar-refractivity contribution in [1.29, 1.82) is 0 Å². The molecule has 39 heavy (non-hydrogen) atoms. The third kappa shape index (κ3) is 8.39. The van der Waals surface area contributed by atoms with Crippen molar-refractivity contribution in [3.05, 3.63) is 64.7 Å². The fourth-order valence-electron chi connectivity index (χ4n) is 5.94. The number of nitrogens with zero attached hydrogens (tertiary/aromatic N) is 3. The summed E-state index contributed by atoms with van der Waals surface area (Å²) in [4.78, 5) is 33.0. The van der Waals surface area contributed by atoms with Gasteiger partial charge in [-0.25, -0.2) is 0 Å². The Labute approximate surface area is 235 Å². The van der Waals surface area contributed by atoms with Gasteiger partial charge in [-0.2, -0.15) is 0 Å². The Morgan fingerprint density at radius 3 is 2.18 bits per heavy atom. The first-order chi connectivity index (χ1) is 18.9. The van der Waals surface area contributed by atoms with Gasteiger partial charge in [0.2, 0.25) is 5.91 Å². The van der Waals surface area contributed by atoms with Gasteiger partial charge in [0.1, 0.15) is 0 Å². The van der Waals surface area contributed by atoms with Gasteiger partial charge in [-0.1, -0.05) is 49.9 Å². The van der Waals surface area contributed by atoms with Crippen LogP contribution in [0.1, 0.15) is 99.2 Å². The van der Waals surface area contributed by atoms with E-state index >= 15 is 0 Å². The summed E-state index contributed by atoms with van der Waals surface area (Å²) in [5.41, 5.74) is 5.12. The Morgan fingerprint density at radius 2 is 1.46 bits per heavy atom. The van der Waals surface area contributed by atoms with E-state index in [-0.39, 0.29) is 11.8 Å². The quantitative estimate of drug-likeness (QED) is 0.486. The maximum Gasteiger partial charge on any atom is 0.251 e. The molecule has 0 bridgehead atoms. The van der Waals surface area contributed by atoms with E-state index in [9.17, 15) is 9.59 Å². The lowest BCUT2D eigenvalue weighted by Gasteiger charge is -2.31. The van der Waals surface area contributed by atoms with Crippen LogP contribution >= 0.6 is 0 Å². The molecule has 1 N–H and O–H groups in total. The molecule has 0 atom stereocenters. The molecule has 212 valence electrons. The number of hydrogen-bond acceptors (Lipinski definition) is 4. The summed E-state index contributed by atoms with van der Waals surface area (Å²) in [7, 11) is 0. The van der Waals surface area contributed by atoms with Gasteiger partial charge in [0.05, 0.1) is 0 Å². The summed E-state index contributed by atoms with van der Waals surface area (Å²) in [5, 5.41) is 3.18. The van der Waals surface area contributed by atoms with Crippen LogP contribution in [0.5, 0.6) is 0 Å². The molecule has 2 heterocycles. The monoisotopic (exact) mass is 532 g/mol. The molecular weight excluding hydrogens is 484 g/mol. The number of hydrogen-bond donors (Lipinski definition) is 1. The van der Waals surface area contributed by atoms with Crippen LogP contribution < -0.4 is 10.2 Å². The molecule has 0 spiro atoms. The molecule has 1 saturated heterocycles. The molecule has 0 aromatic heterocycles. The first-order valence-corrected chi connectivity index (χ1v) is 15.1. The zero-order valence-electron chi connectivity index (χ0n) is 24.4. The van der Waals surface area contributed by atoms with Crippen LogP contribution in [0, 0.1) is 0 Å². The van der Waals surface area contributed by atoms with E-state index in [2.05, 4.69) is 53.2 Å². The number of fused-ring (bicyclic) bond motifs is 1. The minimum Gasteiger partial charge on any atom is -0.348 e. The second kappa shape index (κ2) is 14.6. The summed E-state index contributed by atoms with van der Waals surface area (Å²) in [6.07, 6.45) is 9.63. The Hall–Kier alpha value is -2.70. The number of rotatable bonds is 6. The maximum absolute atomic E-state index is 13.4. The van der Waals surface area contributed by atoms with Crippen LogP contribution in [0.4, 0.5) is 5.69 Å². The van der Waals surface area contributed by atoms with E-state index in [1.165, 1.54) is 49.7 Å². The molecule has 2 aliphatic heterocycles. The number of carbonyl (C=O) groups excluding carboxylic acids is 2. The highest BCUT2D eigenvalue weighted by Crippen LogP contribution is 2.27. The standard InChI is InChI=1S/C33H48N4O2/c1-26(2)36-20-12-5-4-6-13-21-37(27(3)38)32-17-16-28(22-31(32)25-36)33(39)34-23-29-14-8-9-15-30(29)24-35-18-10-7-11-19-35/h8-9,14-17,22,26H,4-7,10-13,18-21,23-25H2,1-3H3,(H,34,39).